The van der Waals surface area contributed by atoms with Crippen molar-refractivity contribution in [2.75, 3.05) is 44.7 Å². The van der Waals surface area contributed by atoms with Gasteiger partial charge in [-0.05, 0) is 37.2 Å². The average Bonchev–Trinajstić information content (AvgIpc) is 3.16. The third-order valence-electron chi connectivity index (χ3n) is 4.01. The Morgan fingerprint density at radius 2 is 1.93 bits per heavy atom. The summed E-state index contributed by atoms with van der Waals surface area (Å²) in [5.41, 5.74) is 0.380. The molecule has 1 saturated heterocycles. The minimum atomic E-state index is -3.77. The molecule has 2 heterocycles. The number of hydrogen-bond acceptors (Lipinski definition) is 8. The molecule has 0 radical (unpaired) electrons. The summed E-state index contributed by atoms with van der Waals surface area (Å²) in [6, 6.07) is 6.30. The second-order valence-corrected chi connectivity index (χ2v) is 9.39. The van der Waals surface area contributed by atoms with E-state index in [9.17, 15) is 13.2 Å². The fraction of sp³-hybridized carbons (Fsp3) is 0.438. The van der Waals surface area contributed by atoms with Crippen LogP contribution in [0.4, 0.5) is 5.13 Å². The smallest absolute Gasteiger partial charge is 0.269 e. The number of rotatable bonds is 8. The zero-order chi connectivity index (χ0) is 20.0. The molecule has 0 unspecified atom stereocenters. The summed E-state index contributed by atoms with van der Waals surface area (Å²) in [7, 11) is -3.77. The van der Waals surface area contributed by atoms with Crippen molar-refractivity contribution in [1.29, 1.82) is 0 Å². The number of ether oxygens (including phenoxy) is 1. The van der Waals surface area contributed by atoms with Gasteiger partial charge in [-0.15, -0.1) is 10.2 Å². The van der Waals surface area contributed by atoms with Gasteiger partial charge in [-0.25, -0.2) is 13.1 Å². The maximum absolute atomic E-state index is 12.3. The minimum absolute atomic E-state index is 0.105. The van der Waals surface area contributed by atoms with E-state index in [-0.39, 0.29) is 9.47 Å². The molecule has 28 heavy (non-hydrogen) atoms. The summed E-state index contributed by atoms with van der Waals surface area (Å²) in [6.45, 7) is 4.23. The predicted molar refractivity (Wildman–Crippen MR) is 106 cm³/mol. The highest BCUT2D eigenvalue weighted by Crippen LogP contribution is 2.20. The number of halogens is 1. The highest BCUT2D eigenvalue weighted by atomic mass is 35.5. The largest absolute Gasteiger partial charge is 0.379 e. The summed E-state index contributed by atoms with van der Waals surface area (Å²) >= 11 is 6.59. The van der Waals surface area contributed by atoms with Crippen molar-refractivity contribution in [2.45, 2.75) is 10.8 Å². The van der Waals surface area contributed by atoms with E-state index in [1.807, 2.05) is 0 Å². The van der Waals surface area contributed by atoms with Crippen LogP contribution in [0.15, 0.2) is 28.6 Å². The first-order chi connectivity index (χ1) is 13.4. The Morgan fingerprint density at radius 3 is 2.64 bits per heavy atom. The van der Waals surface area contributed by atoms with Crippen LogP contribution in [0, 0.1) is 0 Å². The molecule has 0 atom stereocenters. The van der Waals surface area contributed by atoms with Crippen LogP contribution in [0.25, 0.3) is 0 Å². The Hall–Kier alpha value is -1.63. The number of benzene rings is 1. The number of hydrogen-bond donors (Lipinski definition) is 2. The molecule has 1 aromatic heterocycles. The van der Waals surface area contributed by atoms with Crippen molar-refractivity contribution in [3.63, 3.8) is 0 Å². The molecule has 1 aliphatic heterocycles. The summed E-state index contributed by atoms with van der Waals surface area (Å²) in [4.78, 5) is 14.4. The number of nitrogens with zero attached hydrogens (tertiary/aromatic N) is 3. The lowest BCUT2D eigenvalue weighted by Crippen LogP contribution is -2.38. The van der Waals surface area contributed by atoms with Crippen LogP contribution in [0.5, 0.6) is 0 Å². The van der Waals surface area contributed by atoms with Crippen molar-refractivity contribution >= 4 is 44.0 Å². The molecule has 1 aromatic carbocycles. The van der Waals surface area contributed by atoms with Crippen molar-refractivity contribution in [3.05, 3.63) is 34.9 Å². The van der Waals surface area contributed by atoms with Gasteiger partial charge < -0.3 is 4.74 Å². The van der Waals surface area contributed by atoms with Crippen molar-refractivity contribution in [1.82, 2.24) is 19.8 Å². The van der Waals surface area contributed by atoms with Gasteiger partial charge in [0.15, 0.2) is 0 Å². The maximum Gasteiger partial charge on any atom is 0.269 e. The van der Waals surface area contributed by atoms with E-state index in [4.69, 9.17) is 16.3 Å². The fourth-order valence-electron chi connectivity index (χ4n) is 2.54. The molecule has 1 fully saturated rings. The van der Waals surface area contributed by atoms with E-state index >= 15 is 0 Å². The molecule has 0 bridgehead atoms. The highest BCUT2D eigenvalue weighted by molar-refractivity contribution is 7.91. The van der Waals surface area contributed by atoms with Crippen molar-refractivity contribution in [3.8, 4) is 0 Å². The van der Waals surface area contributed by atoms with Crippen molar-refractivity contribution in [2.24, 2.45) is 0 Å². The maximum atomic E-state index is 12.3. The summed E-state index contributed by atoms with van der Waals surface area (Å²) in [5.74, 6) is -0.421. The molecule has 3 rings (SSSR count). The summed E-state index contributed by atoms with van der Waals surface area (Å²) in [6.07, 6.45) is 0.679. The lowest BCUT2D eigenvalue weighted by molar-refractivity contribution is 0.0376. The molecule has 0 aliphatic carbocycles. The number of sulfonamides is 1. The van der Waals surface area contributed by atoms with E-state index < -0.39 is 15.9 Å². The van der Waals surface area contributed by atoms with Gasteiger partial charge >= 0.3 is 0 Å². The number of aromatic nitrogens is 2. The SMILES string of the molecule is O=C(Nc1nnc(S(=O)(=O)NCCCN2CCOCC2)s1)c1ccc(Cl)cc1. The van der Waals surface area contributed by atoms with Gasteiger partial charge in [0.25, 0.3) is 15.9 Å². The molecule has 2 aromatic rings. The second-order valence-electron chi connectivity index (χ2n) is 6.04. The quantitative estimate of drug-likeness (QED) is 0.467. The zero-order valence-electron chi connectivity index (χ0n) is 14.9. The van der Waals surface area contributed by atoms with Crippen LogP contribution in [0.3, 0.4) is 0 Å². The van der Waals surface area contributed by atoms with E-state index in [1.54, 1.807) is 24.3 Å². The molecule has 1 aliphatic rings. The third kappa shape index (κ3) is 5.93. The van der Waals surface area contributed by atoms with Gasteiger partial charge in [0, 0.05) is 30.2 Å². The van der Waals surface area contributed by atoms with Crippen LogP contribution in [-0.4, -0.2) is 68.8 Å². The lowest BCUT2D eigenvalue weighted by Gasteiger charge is -2.26. The average molecular weight is 446 g/mol. The first-order valence-electron chi connectivity index (χ1n) is 8.64. The normalized spacial score (nSPS) is 15.5. The molecule has 12 heteroatoms. The monoisotopic (exact) mass is 445 g/mol. The van der Waals surface area contributed by atoms with Crippen LogP contribution >= 0.6 is 22.9 Å². The first-order valence-corrected chi connectivity index (χ1v) is 11.3. The van der Waals surface area contributed by atoms with Crippen LogP contribution in [0.1, 0.15) is 16.8 Å². The second kappa shape index (κ2) is 9.72. The Morgan fingerprint density at radius 1 is 1.21 bits per heavy atom. The molecule has 0 saturated carbocycles. The fourth-order valence-corrected chi connectivity index (χ4v) is 4.67. The summed E-state index contributed by atoms with van der Waals surface area (Å²) < 4.78 is 32.3. The van der Waals surface area contributed by atoms with Crippen molar-refractivity contribution < 1.29 is 17.9 Å². The minimum Gasteiger partial charge on any atom is -0.379 e. The lowest BCUT2D eigenvalue weighted by atomic mass is 10.2. The Labute approximate surface area is 172 Å². The molecule has 2 N–H and O–H groups in total. The molecular formula is C16H20ClN5O4S2. The van der Waals surface area contributed by atoms with Gasteiger partial charge in [0.2, 0.25) is 9.47 Å². The number of carbonyl (C=O) groups is 1. The first kappa shape index (κ1) is 21.1. The van der Waals surface area contributed by atoms with Crippen LogP contribution < -0.4 is 10.0 Å². The molecule has 1 amide bonds. The Balaban J connectivity index is 1.50. The van der Waals surface area contributed by atoms with E-state index in [0.29, 0.717) is 36.8 Å². The van der Waals surface area contributed by atoms with E-state index in [2.05, 4.69) is 25.1 Å². The number of amides is 1. The Kier molecular flexibility index (Phi) is 7.32. The summed E-state index contributed by atoms with van der Waals surface area (Å²) in [5, 5.41) is 10.6. The van der Waals surface area contributed by atoms with E-state index in [0.717, 1.165) is 31.0 Å². The zero-order valence-corrected chi connectivity index (χ0v) is 17.3. The standard InChI is InChI=1S/C16H20ClN5O4S2/c17-13-4-2-12(3-5-13)14(23)19-15-20-21-16(27-15)28(24,25)18-6-1-7-22-8-10-26-11-9-22/h2-5,18H,1,6-11H2,(H,19,20,23). The van der Waals surface area contributed by atoms with Crippen LogP contribution in [-0.2, 0) is 14.8 Å². The predicted octanol–water partition coefficient (Wildman–Crippen LogP) is 1.44. The molecular weight excluding hydrogens is 426 g/mol. The van der Waals surface area contributed by atoms with Gasteiger partial charge in [-0.1, -0.05) is 22.9 Å². The number of morpholine rings is 1. The molecule has 9 nitrogen and oxygen atoms in total. The van der Waals surface area contributed by atoms with Gasteiger partial charge in [-0.2, -0.15) is 0 Å². The van der Waals surface area contributed by atoms with Crippen LogP contribution in [0.2, 0.25) is 5.02 Å². The van der Waals surface area contributed by atoms with Gasteiger partial charge in [0.05, 0.1) is 13.2 Å². The number of anilines is 1. The highest BCUT2D eigenvalue weighted by Gasteiger charge is 2.21. The number of nitrogens with one attached hydrogen (secondary N) is 2. The molecule has 0 spiro atoms. The molecule has 152 valence electrons. The topological polar surface area (TPSA) is 114 Å². The number of carbonyl (C=O) groups excluding carboxylic acids is 1. The van der Waals surface area contributed by atoms with Gasteiger partial charge in [-0.3, -0.25) is 15.0 Å². The third-order valence-corrected chi connectivity index (χ3v) is 6.93. The Bertz CT molecular complexity index is 898. The van der Waals surface area contributed by atoms with E-state index in [1.165, 1.54) is 0 Å². The van der Waals surface area contributed by atoms with Gasteiger partial charge in [0.1, 0.15) is 0 Å².